The molecule has 2 bridgehead atoms. The number of hydrogen-bond acceptors (Lipinski definition) is 1. The molecular weight excluding hydrogens is 230 g/mol. The number of rotatable bonds is 5. The van der Waals surface area contributed by atoms with Gasteiger partial charge in [0.1, 0.15) is 0 Å². The fourth-order valence-corrected chi connectivity index (χ4v) is 4.05. The minimum absolute atomic E-state index is 0.844. The summed E-state index contributed by atoms with van der Waals surface area (Å²) in [6.07, 6.45) is 8.30. The van der Waals surface area contributed by atoms with Crippen LogP contribution in [0.5, 0.6) is 0 Å². The summed E-state index contributed by atoms with van der Waals surface area (Å²) in [7, 11) is 2.06. The predicted molar refractivity (Wildman–Crippen MR) is 82.0 cm³/mol. The molecule has 0 unspecified atom stereocenters. The Balaban J connectivity index is 1.91. The van der Waals surface area contributed by atoms with Crippen molar-refractivity contribution in [2.45, 2.75) is 38.5 Å². The molecule has 19 heavy (non-hydrogen) atoms. The van der Waals surface area contributed by atoms with Crippen LogP contribution in [0.4, 0.5) is 0 Å². The third kappa shape index (κ3) is 2.62. The Morgan fingerprint density at radius 3 is 2.37 bits per heavy atom. The van der Waals surface area contributed by atoms with Gasteiger partial charge < -0.3 is 5.32 Å². The molecule has 1 fully saturated rings. The average Bonchev–Trinajstić information content (AvgIpc) is 2.49. The summed E-state index contributed by atoms with van der Waals surface area (Å²) in [5.41, 5.74) is 5.01. The lowest BCUT2D eigenvalue weighted by Crippen LogP contribution is -2.26. The number of allylic oxidation sites excluding steroid dienone is 2. The second-order valence-corrected chi connectivity index (χ2v) is 6.06. The summed E-state index contributed by atoms with van der Waals surface area (Å²) in [6, 6.07) is 11.1. The lowest BCUT2D eigenvalue weighted by Gasteiger charge is -2.41. The van der Waals surface area contributed by atoms with Gasteiger partial charge in [-0.1, -0.05) is 35.9 Å². The van der Waals surface area contributed by atoms with Gasteiger partial charge in [-0.05, 0) is 75.1 Å². The summed E-state index contributed by atoms with van der Waals surface area (Å²) < 4.78 is 0. The van der Waals surface area contributed by atoms with Gasteiger partial charge in [-0.2, -0.15) is 0 Å². The van der Waals surface area contributed by atoms with Gasteiger partial charge in [-0.3, -0.25) is 0 Å². The summed E-state index contributed by atoms with van der Waals surface area (Å²) >= 11 is 0. The minimum Gasteiger partial charge on any atom is -0.320 e. The van der Waals surface area contributed by atoms with Crippen LogP contribution in [0.2, 0.25) is 0 Å². The van der Waals surface area contributed by atoms with Crippen LogP contribution in [0.3, 0.4) is 0 Å². The van der Waals surface area contributed by atoms with Crippen molar-refractivity contribution >= 4 is 5.57 Å². The first-order chi connectivity index (χ1) is 9.40. The highest BCUT2D eigenvalue weighted by atomic mass is 14.8. The molecular formula is C18H25N. The Hall–Kier alpha value is -1.08. The molecule has 0 saturated heterocycles. The Labute approximate surface area is 117 Å². The van der Waals surface area contributed by atoms with Gasteiger partial charge in [0.25, 0.3) is 0 Å². The fourth-order valence-electron chi connectivity index (χ4n) is 4.05. The van der Waals surface area contributed by atoms with Crippen molar-refractivity contribution in [3.05, 3.63) is 41.5 Å². The van der Waals surface area contributed by atoms with Crippen molar-refractivity contribution in [2.24, 2.45) is 11.8 Å². The van der Waals surface area contributed by atoms with E-state index in [2.05, 4.69) is 42.7 Å². The Bertz CT molecular complexity index is 438. The maximum atomic E-state index is 3.28. The maximum Gasteiger partial charge on any atom is -0.00489 e. The normalized spacial score (nSPS) is 25.9. The molecule has 1 aromatic rings. The van der Waals surface area contributed by atoms with Crippen LogP contribution < -0.4 is 5.32 Å². The van der Waals surface area contributed by atoms with Gasteiger partial charge in [0.05, 0.1) is 0 Å². The quantitative estimate of drug-likeness (QED) is 0.775. The number of hydrogen-bond donors (Lipinski definition) is 1. The van der Waals surface area contributed by atoms with Crippen molar-refractivity contribution in [1.82, 2.24) is 5.32 Å². The summed E-state index contributed by atoms with van der Waals surface area (Å²) in [6.45, 7) is 1.14. The summed E-state index contributed by atoms with van der Waals surface area (Å²) in [5.74, 6) is 1.73. The van der Waals surface area contributed by atoms with E-state index in [-0.39, 0.29) is 0 Å². The highest BCUT2D eigenvalue weighted by Gasteiger charge is 2.34. The fraction of sp³-hybridized carbons (Fsp3) is 0.556. The molecule has 1 aromatic carbocycles. The van der Waals surface area contributed by atoms with E-state index in [1.807, 2.05) is 0 Å². The summed E-state index contributed by atoms with van der Waals surface area (Å²) in [5, 5.41) is 3.28. The van der Waals surface area contributed by atoms with Gasteiger partial charge in [0.15, 0.2) is 0 Å². The highest BCUT2D eigenvalue weighted by Crippen LogP contribution is 2.50. The van der Waals surface area contributed by atoms with Crippen LogP contribution in [0.25, 0.3) is 5.57 Å². The molecule has 3 aliphatic carbocycles. The lowest BCUT2D eigenvalue weighted by atomic mass is 9.64. The van der Waals surface area contributed by atoms with Crippen molar-refractivity contribution in [1.29, 1.82) is 0 Å². The zero-order chi connectivity index (χ0) is 13.1. The number of nitrogens with one attached hydrogen (secondary N) is 1. The first kappa shape index (κ1) is 12.9. The molecule has 0 atom stereocenters. The van der Waals surface area contributed by atoms with Gasteiger partial charge in [-0.15, -0.1) is 0 Å². The van der Waals surface area contributed by atoms with Crippen LogP contribution in [0, 0.1) is 11.8 Å². The van der Waals surface area contributed by atoms with Crippen molar-refractivity contribution in [2.75, 3.05) is 13.6 Å². The van der Waals surface area contributed by atoms with E-state index in [1.165, 1.54) is 44.1 Å². The molecule has 3 aliphatic rings. The van der Waals surface area contributed by atoms with Crippen LogP contribution in [0.15, 0.2) is 35.9 Å². The highest BCUT2D eigenvalue weighted by molar-refractivity contribution is 5.72. The second-order valence-electron chi connectivity index (χ2n) is 6.06. The molecule has 1 heteroatoms. The van der Waals surface area contributed by atoms with E-state index in [0.29, 0.717) is 0 Å². The Morgan fingerprint density at radius 1 is 1.00 bits per heavy atom. The Kier molecular flexibility index (Phi) is 4.03. The molecule has 102 valence electrons. The van der Waals surface area contributed by atoms with Gasteiger partial charge in [0.2, 0.25) is 0 Å². The molecule has 1 nitrogen and oxygen atoms in total. The summed E-state index contributed by atoms with van der Waals surface area (Å²) in [4.78, 5) is 0. The van der Waals surface area contributed by atoms with Crippen molar-refractivity contribution in [3.8, 4) is 0 Å². The molecule has 0 heterocycles. The average molecular weight is 255 g/mol. The smallest absolute Gasteiger partial charge is 0.00489 e. The SMILES string of the molecule is CNCCCC1=C(c2ccccc2)C2CCC1CC2. The van der Waals surface area contributed by atoms with Gasteiger partial charge in [-0.25, -0.2) is 0 Å². The first-order valence-corrected chi connectivity index (χ1v) is 7.83. The molecule has 1 saturated carbocycles. The van der Waals surface area contributed by atoms with Crippen LogP contribution >= 0.6 is 0 Å². The van der Waals surface area contributed by atoms with Crippen LogP contribution in [0.1, 0.15) is 44.1 Å². The zero-order valence-corrected chi connectivity index (χ0v) is 12.0. The van der Waals surface area contributed by atoms with Crippen LogP contribution in [-0.2, 0) is 0 Å². The van der Waals surface area contributed by atoms with E-state index in [1.54, 1.807) is 11.1 Å². The molecule has 0 aliphatic heterocycles. The van der Waals surface area contributed by atoms with E-state index in [9.17, 15) is 0 Å². The largest absolute Gasteiger partial charge is 0.320 e. The monoisotopic (exact) mass is 255 g/mol. The molecule has 1 N–H and O–H groups in total. The van der Waals surface area contributed by atoms with Crippen molar-refractivity contribution in [3.63, 3.8) is 0 Å². The lowest BCUT2D eigenvalue weighted by molar-refractivity contribution is 0.316. The van der Waals surface area contributed by atoms with Gasteiger partial charge in [0, 0.05) is 0 Å². The topological polar surface area (TPSA) is 12.0 Å². The minimum atomic E-state index is 0.844. The number of fused-ring (bicyclic) bond motifs is 2. The standard InChI is InChI=1S/C18H25N/c1-19-13-5-8-17-14-9-11-16(12-10-14)18(17)15-6-3-2-4-7-15/h2-4,6-7,14,16,19H,5,8-13H2,1H3. The maximum absolute atomic E-state index is 3.28. The zero-order valence-electron chi connectivity index (χ0n) is 12.0. The van der Waals surface area contributed by atoms with Crippen molar-refractivity contribution < 1.29 is 0 Å². The van der Waals surface area contributed by atoms with E-state index in [0.717, 1.165) is 18.4 Å². The van der Waals surface area contributed by atoms with Gasteiger partial charge >= 0.3 is 0 Å². The second kappa shape index (κ2) is 5.92. The van der Waals surface area contributed by atoms with Crippen LogP contribution in [-0.4, -0.2) is 13.6 Å². The van der Waals surface area contributed by atoms with E-state index >= 15 is 0 Å². The molecule has 0 spiro atoms. The predicted octanol–water partition coefficient (Wildman–Crippen LogP) is 4.26. The molecule has 0 aromatic heterocycles. The third-order valence-corrected chi connectivity index (χ3v) is 4.93. The number of benzene rings is 1. The molecule has 0 amide bonds. The Morgan fingerprint density at radius 2 is 1.68 bits per heavy atom. The van der Waals surface area contributed by atoms with E-state index in [4.69, 9.17) is 0 Å². The molecule has 4 rings (SSSR count). The first-order valence-electron chi connectivity index (χ1n) is 7.83. The molecule has 0 radical (unpaired) electrons. The third-order valence-electron chi connectivity index (χ3n) is 4.93. The van der Waals surface area contributed by atoms with E-state index < -0.39 is 0 Å².